The molecule has 0 unspecified atom stereocenters. The van der Waals surface area contributed by atoms with Gasteiger partial charge in [-0.25, -0.2) is 0 Å². The number of pyridine rings is 2. The maximum absolute atomic E-state index is 13.5. The van der Waals surface area contributed by atoms with Crippen LogP contribution in [-0.4, -0.2) is 9.38 Å². The molecule has 1 aliphatic heterocycles. The molecule has 1 aliphatic rings. The number of hydrogen-bond donors (Lipinski definition) is 0. The monoisotopic (exact) mass is 302 g/mol. The van der Waals surface area contributed by atoms with Gasteiger partial charge in [0, 0.05) is 22.8 Å². The summed E-state index contributed by atoms with van der Waals surface area (Å²) in [5.74, 6) is 0. The lowest BCUT2D eigenvalue weighted by molar-refractivity contribution is -0.138. The predicted molar refractivity (Wildman–Crippen MR) is 77.8 cm³/mol. The Labute approximate surface area is 125 Å². The largest absolute Gasteiger partial charge is 0.418 e. The lowest BCUT2D eigenvalue weighted by Gasteiger charge is -2.34. The third-order valence-electron chi connectivity index (χ3n) is 4.41. The van der Waals surface area contributed by atoms with Crippen LogP contribution in [0, 0.1) is 0 Å². The van der Waals surface area contributed by atoms with Crippen LogP contribution in [0.3, 0.4) is 0 Å². The van der Waals surface area contributed by atoms with Gasteiger partial charge in [0.15, 0.2) is 0 Å². The van der Waals surface area contributed by atoms with Gasteiger partial charge < -0.3 is 4.40 Å². The molecule has 0 N–H and O–H groups in total. The first kappa shape index (κ1) is 13.4. The molecular weight excluding hydrogens is 289 g/mol. The van der Waals surface area contributed by atoms with E-state index in [1.165, 1.54) is 6.07 Å². The van der Waals surface area contributed by atoms with Gasteiger partial charge in [-0.3, -0.25) is 4.98 Å². The number of rotatable bonds is 0. The maximum atomic E-state index is 13.5. The zero-order valence-corrected chi connectivity index (χ0v) is 12.1. The van der Waals surface area contributed by atoms with Gasteiger partial charge in [-0.15, -0.1) is 0 Å². The minimum absolute atomic E-state index is 0.283. The normalized spacial score (nSPS) is 15.9. The molecule has 5 heteroatoms. The molecule has 0 amide bonds. The van der Waals surface area contributed by atoms with Crippen molar-refractivity contribution in [3.05, 3.63) is 59.4 Å². The van der Waals surface area contributed by atoms with E-state index >= 15 is 0 Å². The Morgan fingerprint density at radius 3 is 2.59 bits per heavy atom. The Bertz CT molecular complexity index is 904. The van der Waals surface area contributed by atoms with Gasteiger partial charge in [-0.2, -0.15) is 13.2 Å². The smallest absolute Gasteiger partial charge is 0.311 e. The number of hydrogen-bond acceptors (Lipinski definition) is 1. The number of aromatic nitrogens is 2. The van der Waals surface area contributed by atoms with Crippen LogP contribution in [0.2, 0.25) is 0 Å². The molecule has 4 heterocycles. The molecule has 0 radical (unpaired) electrons. The summed E-state index contributed by atoms with van der Waals surface area (Å²) in [5.41, 5.74) is 1.76. The molecule has 0 spiro atoms. The Morgan fingerprint density at radius 2 is 1.86 bits per heavy atom. The standard InChI is InChI=1S/C17H13F3N2/c1-16(2)11-6-4-8-21-14(11)13-7-3-5-10-9-12(17(18,19)20)15(16)22(10)13/h3-9H,1-2H3. The minimum atomic E-state index is -4.38. The van der Waals surface area contributed by atoms with Gasteiger partial charge in [0.2, 0.25) is 0 Å². The summed E-state index contributed by atoms with van der Waals surface area (Å²) >= 11 is 0. The summed E-state index contributed by atoms with van der Waals surface area (Å²) < 4.78 is 42.3. The van der Waals surface area contributed by atoms with Crippen molar-refractivity contribution in [3.8, 4) is 11.4 Å². The molecule has 0 bridgehead atoms. The van der Waals surface area contributed by atoms with Crippen LogP contribution in [0.1, 0.15) is 30.7 Å². The van der Waals surface area contributed by atoms with E-state index in [-0.39, 0.29) is 5.69 Å². The average molecular weight is 302 g/mol. The van der Waals surface area contributed by atoms with Crippen LogP contribution in [0.4, 0.5) is 13.2 Å². The summed E-state index contributed by atoms with van der Waals surface area (Å²) in [7, 11) is 0. The van der Waals surface area contributed by atoms with E-state index in [1.807, 2.05) is 26.0 Å². The lowest BCUT2D eigenvalue weighted by atomic mass is 9.76. The number of alkyl halides is 3. The van der Waals surface area contributed by atoms with Crippen LogP contribution in [0.5, 0.6) is 0 Å². The van der Waals surface area contributed by atoms with Crippen molar-refractivity contribution in [2.45, 2.75) is 25.4 Å². The first-order valence-corrected chi connectivity index (χ1v) is 7.00. The molecule has 2 nitrogen and oxygen atoms in total. The Morgan fingerprint density at radius 1 is 1.09 bits per heavy atom. The maximum Gasteiger partial charge on any atom is 0.418 e. The van der Waals surface area contributed by atoms with E-state index in [0.29, 0.717) is 11.2 Å². The van der Waals surface area contributed by atoms with Crippen molar-refractivity contribution in [1.82, 2.24) is 9.38 Å². The molecule has 0 fully saturated rings. The first-order chi connectivity index (χ1) is 10.3. The summed E-state index contributed by atoms with van der Waals surface area (Å²) in [4.78, 5) is 4.41. The fraction of sp³-hybridized carbons (Fsp3) is 0.235. The second-order valence-corrected chi connectivity index (χ2v) is 6.10. The fourth-order valence-electron chi connectivity index (χ4n) is 3.48. The highest BCUT2D eigenvalue weighted by Crippen LogP contribution is 2.48. The number of fused-ring (bicyclic) bond motifs is 2. The van der Waals surface area contributed by atoms with E-state index in [0.717, 1.165) is 11.3 Å². The van der Waals surface area contributed by atoms with Crippen molar-refractivity contribution < 1.29 is 13.2 Å². The van der Waals surface area contributed by atoms with Crippen LogP contribution in [-0.2, 0) is 11.6 Å². The van der Waals surface area contributed by atoms with E-state index in [4.69, 9.17) is 0 Å². The topological polar surface area (TPSA) is 17.3 Å². The van der Waals surface area contributed by atoms with Crippen LogP contribution < -0.4 is 0 Å². The van der Waals surface area contributed by atoms with E-state index in [2.05, 4.69) is 4.98 Å². The van der Waals surface area contributed by atoms with Crippen LogP contribution in [0.15, 0.2) is 42.6 Å². The summed E-state index contributed by atoms with van der Waals surface area (Å²) in [5, 5.41) is 0. The Hall–Kier alpha value is -2.30. The molecule has 3 aromatic rings. The molecule has 0 aromatic carbocycles. The second-order valence-electron chi connectivity index (χ2n) is 6.10. The molecule has 0 saturated heterocycles. The molecular formula is C17H13F3N2. The average Bonchev–Trinajstić information content (AvgIpc) is 2.86. The van der Waals surface area contributed by atoms with Crippen LogP contribution in [0.25, 0.3) is 16.9 Å². The minimum Gasteiger partial charge on any atom is -0.311 e. The van der Waals surface area contributed by atoms with E-state index in [1.54, 1.807) is 28.8 Å². The van der Waals surface area contributed by atoms with Gasteiger partial charge in [-0.1, -0.05) is 26.0 Å². The zero-order valence-electron chi connectivity index (χ0n) is 12.1. The third kappa shape index (κ3) is 1.54. The van der Waals surface area contributed by atoms with Gasteiger partial charge in [0.05, 0.1) is 17.0 Å². The molecule has 0 saturated carbocycles. The zero-order chi connectivity index (χ0) is 15.7. The van der Waals surface area contributed by atoms with Gasteiger partial charge in [0.1, 0.15) is 0 Å². The quantitative estimate of drug-likeness (QED) is 0.590. The van der Waals surface area contributed by atoms with Crippen molar-refractivity contribution in [2.75, 3.05) is 0 Å². The Kier molecular flexibility index (Phi) is 2.38. The van der Waals surface area contributed by atoms with Gasteiger partial charge in [-0.05, 0) is 29.8 Å². The van der Waals surface area contributed by atoms with E-state index in [9.17, 15) is 13.2 Å². The van der Waals surface area contributed by atoms with Crippen molar-refractivity contribution in [2.24, 2.45) is 0 Å². The molecule has 4 rings (SSSR count). The van der Waals surface area contributed by atoms with Crippen molar-refractivity contribution >= 4 is 5.52 Å². The SMILES string of the molecule is CC1(C)c2cccnc2-c2cccc3cc(C(F)(F)F)c1n23. The molecule has 112 valence electrons. The number of halogens is 3. The van der Waals surface area contributed by atoms with Crippen molar-refractivity contribution in [1.29, 1.82) is 0 Å². The van der Waals surface area contributed by atoms with E-state index < -0.39 is 17.2 Å². The highest BCUT2D eigenvalue weighted by molar-refractivity contribution is 5.73. The first-order valence-electron chi connectivity index (χ1n) is 7.00. The predicted octanol–water partition coefficient (Wildman–Crippen LogP) is 4.66. The summed E-state index contributed by atoms with van der Waals surface area (Å²) in [6.07, 6.45) is -2.71. The number of nitrogens with zero attached hydrogens (tertiary/aromatic N) is 2. The molecule has 0 atom stereocenters. The van der Waals surface area contributed by atoms with Gasteiger partial charge >= 0.3 is 6.18 Å². The molecule has 3 aromatic heterocycles. The third-order valence-corrected chi connectivity index (χ3v) is 4.41. The highest BCUT2D eigenvalue weighted by Gasteiger charge is 2.44. The second kappa shape index (κ2) is 3.91. The van der Waals surface area contributed by atoms with Crippen molar-refractivity contribution in [3.63, 3.8) is 0 Å². The summed E-state index contributed by atoms with van der Waals surface area (Å²) in [6, 6.07) is 10.1. The molecule has 0 aliphatic carbocycles. The van der Waals surface area contributed by atoms with Crippen LogP contribution >= 0.6 is 0 Å². The lowest BCUT2D eigenvalue weighted by Crippen LogP contribution is -2.29. The fourth-order valence-corrected chi connectivity index (χ4v) is 3.48. The van der Waals surface area contributed by atoms with Gasteiger partial charge in [0.25, 0.3) is 0 Å². The highest BCUT2D eigenvalue weighted by atomic mass is 19.4. The Balaban J connectivity index is 2.24. The summed E-state index contributed by atoms with van der Waals surface area (Å²) in [6.45, 7) is 3.64. The molecule has 22 heavy (non-hydrogen) atoms.